The lowest BCUT2D eigenvalue weighted by atomic mass is 10.1. The van der Waals surface area contributed by atoms with Crippen LogP contribution in [0.3, 0.4) is 0 Å². The van der Waals surface area contributed by atoms with Gasteiger partial charge in [-0.25, -0.2) is 9.78 Å². The van der Waals surface area contributed by atoms with Crippen LogP contribution in [-0.4, -0.2) is 54.3 Å². The lowest BCUT2D eigenvalue weighted by Crippen LogP contribution is -2.45. The molecular formula is C18H27N5O2. The molecule has 136 valence electrons. The van der Waals surface area contributed by atoms with Gasteiger partial charge in [0.2, 0.25) is 0 Å². The molecule has 0 saturated carbocycles. The fraction of sp³-hybridized carbons (Fsp3) is 0.444. The number of ether oxygens (including phenoxy) is 1. The SMILES string of the molecule is COc1cccc(C(CNC(=O)NC(C)Cn2ccnc2)N(C)C)c1. The number of carbonyl (C=O) groups excluding carboxylic acids is 1. The second kappa shape index (κ2) is 9.08. The van der Waals surface area contributed by atoms with E-state index in [2.05, 4.69) is 20.5 Å². The number of amides is 2. The minimum Gasteiger partial charge on any atom is -0.497 e. The molecule has 1 aromatic carbocycles. The van der Waals surface area contributed by atoms with Crippen molar-refractivity contribution in [3.63, 3.8) is 0 Å². The molecule has 0 aliphatic carbocycles. The smallest absolute Gasteiger partial charge is 0.315 e. The fourth-order valence-electron chi connectivity index (χ4n) is 2.67. The number of hydrogen-bond donors (Lipinski definition) is 2. The molecule has 2 aromatic rings. The third-order valence-corrected chi connectivity index (χ3v) is 3.98. The molecule has 25 heavy (non-hydrogen) atoms. The number of benzene rings is 1. The molecule has 0 aliphatic rings. The van der Waals surface area contributed by atoms with Crippen molar-refractivity contribution >= 4 is 6.03 Å². The molecule has 0 saturated heterocycles. The van der Waals surface area contributed by atoms with Crippen LogP contribution in [0.25, 0.3) is 0 Å². The molecule has 7 heteroatoms. The van der Waals surface area contributed by atoms with E-state index in [4.69, 9.17) is 4.74 Å². The van der Waals surface area contributed by atoms with Gasteiger partial charge in [0.15, 0.2) is 0 Å². The van der Waals surface area contributed by atoms with Crippen molar-refractivity contribution in [3.05, 3.63) is 48.5 Å². The molecule has 2 atom stereocenters. The van der Waals surface area contributed by atoms with Crippen LogP contribution in [0, 0.1) is 0 Å². The number of urea groups is 1. The van der Waals surface area contributed by atoms with E-state index in [0.717, 1.165) is 11.3 Å². The Kier molecular flexibility index (Phi) is 6.82. The van der Waals surface area contributed by atoms with E-state index in [1.807, 2.05) is 56.0 Å². The minimum atomic E-state index is -0.178. The minimum absolute atomic E-state index is 0.00354. The second-order valence-corrected chi connectivity index (χ2v) is 6.27. The zero-order valence-electron chi connectivity index (χ0n) is 15.3. The zero-order valence-corrected chi connectivity index (χ0v) is 15.3. The van der Waals surface area contributed by atoms with E-state index in [1.165, 1.54) is 0 Å². The van der Waals surface area contributed by atoms with Crippen LogP contribution in [0.4, 0.5) is 4.79 Å². The predicted octanol–water partition coefficient (Wildman–Crippen LogP) is 1.88. The van der Waals surface area contributed by atoms with Crippen LogP contribution < -0.4 is 15.4 Å². The number of rotatable bonds is 8. The van der Waals surface area contributed by atoms with Gasteiger partial charge in [-0.15, -0.1) is 0 Å². The lowest BCUT2D eigenvalue weighted by molar-refractivity contribution is 0.228. The van der Waals surface area contributed by atoms with E-state index in [1.54, 1.807) is 19.6 Å². The third-order valence-electron chi connectivity index (χ3n) is 3.98. The van der Waals surface area contributed by atoms with Crippen LogP contribution in [0.5, 0.6) is 5.75 Å². The summed E-state index contributed by atoms with van der Waals surface area (Å²) in [4.78, 5) is 18.2. The van der Waals surface area contributed by atoms with Crippen LogP contribution in [0.15, 0.2) is 43.0 Å². The molecule has 1 heterocycles. The highest BCUT2D eigenvalue weighted by molar-refractivity contribution is 5.74. The van der Waals surface area contributed by atoms with Crippen LogP contribution in [0.1, 0.15) is 18.5 Å². The average Bonchev–Trinajstić information content (AvgIpc) is 3.07. The Labute approximate surface area is 149 Å². The number of methoxy groups -OCH3 is 1. The zero-order chi connectivity index (χ0) is 18.2. The van der Waals surface area contributed by atoms with Gasteiger partial charge in [0.1, 0.15) is 5.75 Å². The van der Waals surface area contributed by atoms with Crippen molar-refractivity contribution in [1.29, 1.82) is 0 Å². The van der Waals surface area contributed by atoms with Gasteiger partial charge in [0.05, 0.1) is 19.5 Å². The van der Waals surface area contributed by atoms with Crippen molar-refractivity contribution in [1.82, 2.24) is 25.1 Å². The first-order chi connectivity index (χ1) is 12.0. The van der Waals surface area contributed by atoms with Gasteiger partial charge in [-0.1, -0.05) is 12.1 Å². The Morgan fingerprint density at radius 2 is 2.20 bits per heavy atom. The van der Waals surface area contributed by atoms with Gasteiger partial charge >= 0.3 is 6.03 Å². The summed E-state index contributed by atoms with van der Waals surface area (Å²) < 4.78 is 7.22. The summed E-state index contributed by atoms with van der Waals surface area (Å²) in [7, 11) is 5.63. The first-order valence-corrected chi connectivity index (χ1v) is 8.30. The van der Waals surface area contributed by atoms with Crippen molar-refractivity contribution in [2.24, 2.45) is 0 Å². The lowest BCUT2D eigenvalue weighted by Gasteiger charge is -2.26. The molecule has 2 rings (SSSR count). The van der Waals surface area contributed by atoms with Gasteiger partial charge in [0.25, 0.3) is 0 Å². The molecule has 0 aliphatic heterocycles. The summed E-state index contributed by atoms with van der Waals surface area (Å²) in [5.41, 5.74) is 1.09. The number of nitrogens with zero attached hydrogens (tertiary/aromatic N) is 3. The van der Waals surface area contributed by atoms with Crippen LogP contribution in [0.2, 0.25) is 0 Å². The number of nitrogens with one attached hydrogen (secondary N) is 2. The number of carbonyl (C=O) groups is 1. The monoisotopic (exact) mass is 345 g/mol. The largest absolute Gasteiger partial charge is 0.497 e. The maximum absolute atomic E-state index is 12.2. The number of hydrogen-bond acceptors (Lipinski definition) is 4. The molecule has 2 N–H and O–H groups in total. The standard InChI is InChI=1S/C18H27N5O2/c1-14(12-23-9-8-19-13-23)21-18(24)20-11-17(22(2)3)15-6-5-7-16(10-15)25-4/h5-10,13-14,17H,11-12H2,1-4H3,(H2,20,21,24). The topological polar surface area (TPSA) is 71.4 Å². The summed E-state index contributed by atoms with van der Waals surface area (Å²) in [5, 5.41) is 5.90. The van der Waals surface area contributed by atoms with E-state index in [9.17, 15) is 4.79 Å². The Morgan fingerprint density at radius 1 is 1.40 bits per heavy atom. The van der Waals surface area contributed by atoms with Crippen molar-refractivity contribution in [3.8, 4) is 5.75 Å². The van der Waals surface area contributed by atoms with Crippen molar-refractivity contribution in [2.45, 2.75) is 25.6 Å². The Bertz CT molecular complexity index is 657. The predicted molar refractivity (Wildman–Crippen MR) is 97.6 cm³/mol. The van der Waals surface area contributed by atoms with Gasteiger partial charge < -0.3 is 24.8 Å². The van der Waals surface area contributed by atoms with Crippen LogP contribution in [-0.2, 0) is 6.54 Å². The van der Waals surface area contributed by atoms with Crippen LogP contribution >= 0.6 is 0 Å². The first kappa shape index (κ1) is 18.8. The molecule has 1 aromatic heterocycles. The number of likely N-dealkylation sites (N-methyl/N-ethyl adjacent to an activating group) is 1. The van der Waals surface area contributed by atoms with E-state index >= 15 is 0 Å². The number of aromatic nitrogens is 2. The molecule has 7 nitrogen and oxygen atoms in total. The maximum Gasteiger partial charge on any atom is 0.315 e. The van der Waals surface area contributed by atoms with E-state index in [0.29, 0.717) is 13.1 Å². The molecule has 2 amide bonds. The highest BCUT2D eigenvalue weighted by atomic mass is 16.5. The summed E-state index contributed by atoms with van der Waals surface area (Å²) >= 11 is 0. The quantitative estimate of drug-likeness (QED) is 0.766. The molecule has 0 fully saturated rings. The molecular weight excluding hydrogens is 318 g/mol. The van der Waals surface area contributed by atoms with Gasteiger partial charge in [0, 0.05) is 31.5 Å². The highest BCUT2D eigenvalue weighted by Crippen LogP contribution is 2.21. The normalized spacial score (nSPS) is 13.3. The average molecular weight is 345 g/mol. The van der Waals surface area contributed by atoms with Gasteiger partial charge in [-0.2, -0.15) is 0 Å². The summed E-state index contributed by atoms with van der Waals surface area (Å²) in [5.74, 6) is 0.808. The maximum atomic E-state index is 12.2. The highest BCUT2D eigenvalue weighted by Gasteiger charge is 2.16. The molecule has 2 unspecified atom stereocenters. The van der Waals surface area contributed by atoms with Crippen molar-refractivity contribution < 1.29 is 9.53 Å². The van der Waals surface area contributed by atoms with E-state index < -0.39 is 0 Å². The number of imidazole rings is 1. The summed E-state index contributed by atoms with van der Waals surface area (Å²) in [6.07, 6.45) is 5.34. The Morgan fingerprint density at radius 3 is 2.84 bits per heavy atom. The van der Waals surface area contributed by atoms with Gasteiger partial charge in [-0.3, -0.25) is 0 Å². The Balaban J connectivity index is 1.88. The Hall–Kier alpha value is -2.54. The second-order valence-electron chi connectivity index (χ2n) is 6.27. The fourth-order valence-corrected chi connectivity index (χ4v) is 2.67. The van der Waals surface area contributed by atoms with E-state index in [-0.39, 0.29) is 18.1 Å². The summed E-state index contributed by atoms with van der Waals surface area (Å²) in [6.45, 7) is 3.15. The summed E-state index contributed by atoms with van der Waals surface area (Å²) in [6, 6.07) is 7.78. The first-order valence-electron chi connectivity index (χ1n) is 8.30. The molecule has 0 radical (unpaired) electrons. The third kappa shape index (κ3) is 5.79. The molecule has 0 bridgehead atoms. The van der Waals surface area contributed by atoms with Crippen molar-refractivity contribution in [2.75, 3.05) is 27.7 Å². The van der Waals surface area contributed by atoms with Gasteiger partial charge in [-0.05, 0) is 38.7 Å². The molecule has 0 spiro atoms.